The Morgan fingerprint density at radius 2 is 1.81 bits per heavy atom. The number of nitrogens with one attached hydrogen (secondary N) is 2. The Balaban J connectivity index is 1.39. The molecule has 1 aliphatic heterocycles. The SMILES string of the molecule is O=C(/C=C/c1ccc2c(c1)OCCO2)Nc1cccc(C(=O)Nc2ccc(Br)cn2)c1. The Kier molecular flexibility index (Phi) is 6.28. The number of rotatable bonds is 5. The molecular formula is C23H18BrN3O4. The number of amides is 2. The fourth-order valence-electron chi connectivity index (χ4n) is 2.90. The molecule has 0 fully saturated rings. The molecule has 2 aromatic carbocycles. The lowest BCUT2D eigenvalue weighted by Crippen LogP contribution is -2.15. The van der Waals surface area contributed by atoms with Crippen LogP contribution in [0, 0.1) is 0 Å². The second-order valence-electron chi connectivity index (χ2n) is 6.62. The molecule has 0 atom stereocenters. The number of nitrogens with zero attached hydrogens (tertiary/aromatic N) is 1. The first kappa shape index (κ1) is 20.6. The molecular weight excluding hydrogens is 462 g/mol. The molecule has 156 valence electrons. The molecule has 2 N–H and O–H groups in total. The van der Waals surface area contributed by atoms with E-state index in [9.17, 15) is 9.59 Å². The zero-order valence-electron chi connectivity index (χ0n) is 16.3. The summed E-state index contributed by atoms with van der Waals surface area (Å²) >= 11 is 3.30. The minimum atomic E-state index is -0.322. The molecule has 0 radical (unpaired) electrons. The number of fused-ring (bicyclic) bond motifs is 1. The van der Waals surface area contributed by atoms with Crippen LogP contribution in [0.2, 0.25) is 0 Å². The lowest BCUT2D eigenvalue weighted by molar-refractivity contribution is -0.111. The summed E-state index contributed by atoms with van der Waals surface area (Å²) in [5.74, 6) is 1.15. The Hall–Kier alpha value is -3.65. The molecule has 0 saturated carbocycles. The van der Waals surface area contributed by atoms with Crippen LogP contribution in [0.4, 0.5) is 11.5 Å². The second-order valence-corrected chi connectivity index (χ2v) is 7.54. The summed E-state index contributed by atoms with van der Waals surface area (Å²) in [4.78, 5) is 28.9. The number of aromatic nitrogens is 1. The molecule has 1 aliphatic rings. The fourth-order valence-corrected chi connectivity index (χ4v) is 3.13. The lowest BCUT2D eigenvalue weighted by Gasteiger charge is -2.18. The van der Waals surface area contributed by atoms with Crippen molar-refractivity contribution >= 4 is 45.3 Å². The van der Waals surface area contributed by atoms with Gasteiger partial charge >= 0.3 is 0 Å². The van der Waals surface area contributed by atoms with Gasteiger partial charge in [0.2, 0.25) is 5.91 Å². The molecule has 0 aliphatic carbocycles. The van der Waals surface area contributed by atoms with Crippen LogP contribution in [-0.2, 0) is 4.79 Å². The third-order valence-corrected chi connectivity index (χ3v) is 4.82. The Morgan fingerprint density at radius 3 is 2.61 bits per heavy atom. The molecule has 31 heavy (non-hydrogen) atoms. The average Bonchev–Trinajstić information content (AvgIpc) is 2.79. The van der Waals surface area contributed by atoms with Crippen molar-refractivity contribution in [1.29, 1.82) is 0 Å². The van der Waals surface area contributed by atoms with Crippen molar-refractivity contribution < 1.29 is 19.1 Å². The second kappa shape index (κ2) is 9.44. The van der Waals surface area contributed by atoms with E-state index in [0.717, 1.165) is 10.0 Å². The van der Waals surface area contributed by atoms with Crippen molar-refractivity contribution in [3.8, 4) is 11.5 Å². The number of benzene rings is 2. The molecule has 8 heteroatoms. The molecule has 4 rings (SSSR count). The van der Waals surface area contributed by atoms with E-state index in [1.165, 1.54) is 6.08 Å². The maximum atomic E-state index is 12.5. The molecule has 0 bridgehead atoms. The standard InChI is InChI=1S/C23H18BrN3O4/c24-17-6-8-21(25-14-17)27-23(29)16-2-1-3-18(13-16)26-22(28)9-5-15-4-7-19-20(12-15)31-11-10-30-19/h1-9,12-14H,10-11H2,(H,26,28)(H,25,27,29)/b9-5+. The van der Waals surface area contributed by atoms with Gasteiger partial charge < -0.3 is 20.1 Å². The van der Waals surface area contributed by atoms with Gasteiger partial charge in [-0.25, -0.2) is 4.98 Å². The van der Waals surface area contributed by atoms with Crippen LogP contribution in [0.3, 0.4) is 0 Å². The van der Waals surface area contributed by atoms with Gasteiger partial charge in [0.1, 0.15) is 19.0 Å². The zero-order valence-corrected chi connectivity index (χ0v) is 17.9. The van der Waals surface area contributed by atoms with Gasteiger partial charge in [-0.1, -0.05) is 12.1 Å². The van der Waals surface area contributed by atoms with Gasteiger partial charge in [0.05, 0.1) is 0 Å². The molecule has 0 spiro atoms. The van der Waals surface area contributed by atoms with Crippen LogP contribution in [-0.4, -0.2) is 30.0 Å². The van der Waals surface area contributed by atoms with Crippen molar-refractivity contribution in [3.05, 3.63) is 82.5 Å². The molecule has 7 nitrogen and oxygen atoms in total. The van der Waals surface area contributed by atoms with Crippen LogP contribution in [0.15, 0.2) is 71.3 Å². The number of carbonyl (C=O) groups is 2. The Bertz CT molecular complexity index is 1150. The Morgan fingerprint density at radius 1 is 0.968 bits per heavy atom. The largest absolute Gasteiger partial charge is 0.486 e. The highest BCUT2D eigenvalue weighted by Gasteiger charge is 2.11. The smallest absolute Gasteiger partial charge is 0.256 e. The highest BCUT2D eigenvalue weighted by atomic mass is 79.9. The summed E-state index contributed by atoms with van der Waals surface area (Å²) in [5.41, 5.74) is 1.72. The maximum absolute atomic E-state index is 12.5. The fraction of sp³-hybridized carbons (Fsp3) is 0.0870. The quantitative estimate of drug-likeness (QED) is 0.525. The maximum Gasteiger partial charge on any atom is 0.256 e. The minimum absolute atomic E-state index is 0.318. The lowest BCUT2D eigenvalue weighted by atomic mass is 10.1. The third-order valence-electron chi connectivity index (χ3n) is 4.35. The number of pyridine rings is 1. The zero-order chi connectivity index (χ0) is 21.6. The first-order valence-corrected chi connectivity index (χ1v) is 10.3. The van der Waals surface area contributed by atoms with Crippen molar-refractivity contribution in [2.45, 2.75) is 0 Å². The molecule has 3 aromatic rings. The number of ether oxygens (including phenoxy) is 2. The van der Waals surface area contributed by atoms with Crippen LogP contribution in [0.25, 0.3) is 6.08 Å². The first-order valence-electron chi connectivity index (χ1n) is 9.48. The van der Waals surface area contributed by atoms with Gasteiger partial charge in [0.15, 0.2) is 11.5 Å². The summed E-state index contributed by atoms with van der Waals surface area (Å²) < 4.78 is 11.9. The van der Waals surface area contributed by atoms with Gasteiger partial charge in [-0.15, -0.1) is 0 Å². The summed E-state index contributed by atoms with van der Waals surface area (Å²) in [6, 6.07) is 15.6. The van der Waals surface area contributed by atoms with E-state index in [-0.39, 0.29) is 11.8 Å². The summed E-state index contributed by atoms with van der Waals surface area (Å²) in [6.07, 6.45) is 4.70. The van der Waals surface area contributed by atoms with Gasteiger partial charge in [0.25, 0.3) is 5.91 Å². The van der Waals surface area contributed by atoms with Crippen LogP contribution >= 0.6 is 15.9 Å². The summed E-state index contributed by atoms with van der Waals surface area (Å²) in [5, 5.41) is 5.48. The van der Waals surface area contributed by atoms with Gasteiger partial charge in [0, 0.05) is 28.0 Å². The van der Waals surface area contributed by atoms with E-state index in [4.69, 9.17) is 9.47 Å². The van der Waals surface area contributed by atoms with E-state index >= 15 is 0 Å². The number of anilines is 2. The van der Waals surface area contributed by atoms with E-state index in [0.29, 0.717) is 41.8 Å². The molecule has 0 unspecified atom stereocenters. The number of carbonyl (C=O) groups excluding carboxylic acids is 2. The monoisotopic (exact) mass is 479 g/mol. The third kappa shape index (κ3) is 5.49. The first-order chi connectivity index (χ1) is 15.1. The van der Waals surface area contributed by atoms with Gasteiger partial charge in [-0.2, -0.15) is 0 Å². The molecule has 2 heterocycles. The average molecular weight is 480 g/mol. The summed E-state index contributed by atoms with van der Waals surface area (Å²) in [7, 11) is 0. The van der Waals surface area contributed by atoms with Gasteiger partial charge in [-0.05, 0) is 70.0 Å². The van der Waals surface area contributed by atoms with Crippen LogP contribution in [0.1, 0.15) is 15.9 Å². The van der Waals surface area contributed by atoms with Crippen LogP contribution < -0.4 is 20.1 Å². The normalized spacial score (nSPS) is 12.4. The van der Waals surface area contributed by atoms with Crippen LogP contribution in [0.5, 0.6) is 11.5 Å². The topological polar surface area (TPSA) is 89.5 Å². The van der Waals surface area contributed by atoms with Crippen molar-refractivity contribution in [3.63, 3.8) is 0 Å². The van der Waals surface area contributed by atoms with Crippen molar-refractivity contribution in [1.82, 2.24) is 4.98 Å². The minimum Gasteiger partial charge on any atom is -0.486 e. The number of halogens is 1. The van der Waals surface area contributed by atoms with E-state index in [1.807, 2.05) is 18.2 Å². The molecule has 2 amide bonds. The molecule has 0 saturated heterocycles. The highest BCUT2D eigenvalue weighted by molar-refractivity contribution is 9.10. The number of hydrogen-bond acceptors (Lipinski definition) is 5. The summed E-state index contributed by atoms with van der Waals surface area (Å²) in [6.45, 7) is 1.03. The van der Waals surface area contributed by atoms with Crippen molar-refractivity contribution in [2.75, 3.05) is 23.8 Å². The number of hydrogen-bond donors (Lipinski definition) is 2. The Labute approximate surface area is 187 Å². The van der Waals surface area contributed by atoms with E-state index in [2.05, 4.69) is 31.5 Å². The van der Waals surface area contributed by atoms with E-state index in [1.54, 1.807) is 48.7 Å². The molecule has 1 aromatic heterocycles. The van der Waals surface area contributed by atoms with Crippen molar-refractivity contribution in [2.24, 2.45) is 0 Å². The highest BCUT2D eigenvalue weighted by Crippen LogP contribution is 2.31. The van der Waals surface area contributed by atoms with Gasteiger partial charge in [-0.3, -0.25) is 9.59 Å². The predicted octanol–water partition coefficient (Wildman–Crippen LogP) is 4.52. The van der Waals surface area contributed by atoms with E-state index < -0.39 is 0 Å². The predicted molar refractivity (Wildman–Crippen MR) is 121 cm³/mol.